The van der Waals surface area contributed by atoms with Gasteiger partial charge in [-0.05, 0) is 41.6 Å². The van der Waals surface area contributed by atoms with E-state index in [1.54, 1.807) is 11.3 Å². The number of nitrogens with zero attached hydrogens (tertiary/aromatic N) is 2. The number of aryl methyl sites for hydroxylation is 1. The summed E-state index contributed by atoms with van der Waals surface area (Å²) in [4.78, 5) is 18.6. The molecule has 2 heterocycles. The maximum atomic E-state index is 12.7. The summed E-state index contributed by atoms with van der Waals surface area (Å²) in [6.45, 7) is 7.59. The molecule has 0 saturated carbocycles. The van der Waals surface area contributed by atoms with E-state index in [4.69, 9.17) is 11.6 Å². The number of hydrogen-bond acceptors (Lipinski definition) is 4. The molecule has 1 aromatic heterocycles. The number of hydrogen-bond donors (Lipinski definition) is 0. The van der Waals surface area contributed by atoms with Crippen molar-refractivity contribution in [2.24, 2.45) is 0 Å². The molecule has 0 radical (unpaired) electrons. The number of Topliss-reactive ketones (excluding diaryl/α,β-unsaturated/α-hetero) is 1. The molecule has 0 bridgehead atoms. The summed E-state index contributed by atoms with van der Waals surface area (Å²) in [6, 6.07) is 16.6. The maximum absolute atomic E-state index is 12.7. The van der Waals surface area contributed by atoms with Crippen LogP contribution in [-0.4, -0.2) is 48.3 Å². The zero-order valence-corrected chi connectivity index (χ0v) is 17.7. The van der Waals surface area contributed by atoms with Gasteiger partial charge in [-0.15, -0.1) is 11.3 Å². The second-order valence-electron chi connectivity index (χ2n) is 7.54. The van der Waals surface area contributed by atoms with Crippen LogP contribution >= 0.6 is 22.9 Å². The molecule has 0 N–H and O–H groups in total. The third kappa shape index (κ3) is 4.64. The Hall–Kier alpha value is -1.72. The topological polar surface area (TPSA) is 23.6 Å². The van der Waals surface area contributed by atoms with E-state index in [1.807, 2.05) is 12.1 Å². The SMILES string of the molecule is Cc1c(CC(=O)CN2CCN(Cc3ccccc3)CC2)sc2ccc(Cl)cc12. The van der Waals surface area contributed by atoms with Gasteiger partial charge in [-0.3, -0.25) is 14.6 Å². The van der Waals surface area contributed by atoms with E-state index >= 15 is 0 Å². The fourth-order valence-electron chi connectivity index (χ4n) is 3.84. The molecule has 1 saturated heterocycles. The Balaban J connectivity index is 1.30. The van der Waals surface area contributed by atoms with Crippen LogP contribution in [0.15, 0.2) is 48.5 Å². The minimum Gasteiger partial charge on any atom is -0.298 e. The van der Waals surface area contributed by atoms with Gasteiger partial charge in [-0.1, -0.05) is 41.9 Å². The second kappa shape index (κ2) is 8.75. The van der Waals surface area contributed by atoms with Gasteiger partial charge in [0.05, 0.1) is 6.54 Å². The van der Waals surface area contributed by atoms with Crippen LogP contribution in [0.5, 0.6) is 0 Å². The zero-order valence-electron chi connectivity index (χ0n) is 16.2. The third-order valence-electron chi connectivity index (χ3n) is 5.47. The quantitative estimate of drug-likeness (QED) is 0.581. The predicted molar refractivity (Wildman–Crippen MR) is 118 cm³/mol. The van der Waals surface area contributed by atoms with E-state index in [-0.39, 0.29) is 0 Å². The van der Waals surface area contributed by atoms with E-state index in [1.165, 1.54) is 26.1 Å². The Kier molecular flexibility index (Phi) is 6.12. The number of ketones is 1. The van der Waals surface area contributed by atoms with Crippen molar-refractivity contribution in [2.75, 3.05) is 32.7 Å². The first-order valence-electron chi connectivity index (χ1n) is 9.76. The molecule has 0 unspecified atom stereocenters. The minimum absolute atomic E-state index is 0.303. The number of carbonyl (C=O) groups is 1. The fourth-order valence-corrected chi connectivity index (χ4v) is 5.24. The molecule has 5 heteroatoms. The Morgan fingerprint density at radius 2 is 1.75 bits per heavy atom. The number of thiophene rings is 1. The monoisotopic (exact) mass is 412 g/mol. The van der Waals surface area contributed by atoms with Crippen molar-refractivity contribution >= 4 is 38.8 Å². The van der Waals surface area contributed by atoms with Crippen LogP contribution < -0.4 is 0 Å². The maximum Gasteiger partial charge on any atom is 0.152 e. The normalized spacial score (nSPS) is 15.9. The summed E-state index contributed by atoms with van der Waals surface area (Å²) >= 11 is 7.84. The van der Waals surface area contributed by atoms with Crippen molar-refractivity contribution in [3.05, 3.63) is 69.6 Å². The molecule has 0 aliphatic carbocycles. The highest BCUT2D eigenvalue weighted by molar-refractivity contribution is 7.19. The average Bonchev–Trinajstić information content (AvgIpc) is 2.99. The lowest BCUT2D eigenvalue weighted by molar-refractivity contribution is -0.120. The van der Waals surface area contributed by atoms with Gasteiger partial charge in [0.25, 0.3) is 0 Å². The largest absolute Gasteiger partial charge is 0.298 e. The summed E-state index contributed by atoms with van der Waals surface area (Å²) in [5.41, 5.74) is 2.55. The molecule has 3 nitrogen and oxygen atoms in total. The van der Waals surface area contributed by atoms with Crippen LogP contribution in [0.2, 0.25) is 5.02 Å². The molecule has 1 aliphatic heterocycles. The molecule has 0 amide bonds. The van der Waals surface area contributed by atoms with Gasteiger partial charge < -0.3 is 0 Å². The van der Waals surface area contributed by atoms with Crippen LogP contribution in [0.4, 0.5) is 0 Å². The summed E-state index contributed by atoms with van der Waals surface area (Å²) in [5, 5.41) is 1.93. The van der Waals surface area contributed by atoms with E-state index in [0.29, 0.717) is 18.7 Å². The highest BCUT2D eigenvalue weighted by Crippen LogP contribution is 2.33. The smallest absolute Gasteiger partial charge is 0.152 e. The van der Waals surface area contributed by atoms with E-state index in [9.17, 15) is 4.79 Å². The first-order chi connectivity index (χ1) is 13.6. The Morgan fingerprint density at radius 3 is 2.50 bits per heavy atom. The van der Waals surface area contributed by atoms with Gasteiger partial charge in [-0.25, -0.2) is 0 Å². The molecular weight excluding hydrogens is 388 g/mol. The Morgan fingerprint density at radius 1 is 1.04 bits per heavy atom. The van der Waals surface area contributed by atoms with Crippen molar-refractivity contribution < 1.29 is 4.79 Å². The highest BCUT2D eigenvalue weighted by atomic mass is 35.5. The lowest BCUT2D eigenvalue weighted by Crippen LogP contribution is -2.47. The number of rotatable bonds is 6. The Labute approximate surface area is 175 Å². The van der Waals surface area contributed by atoms with Crippen molar-refractivity contribution in [1.29, 1.82) is 0 Å². The summed E-state index contributed by atoms with van der Waals surface area (Å²) < 4.78 is 1.21. The molecule has 28 heavy (non-hydrogen) atoms. The predicted octanol–water partition coefficient (Wildman–Crippen LogP) is 4.79. The fraction of sp³-hybridized carbons (Fsp3) is 0.348. The van der Waals surface area contributed by atoms with Crippen LogP contribution in [0.25, 0.3) is 10.1 Å². The van der Waals surface area contributed by atoms with Crippen molar-refractivity contribution in [3.8, 4) is 0 Å². The van der Waals surface area contributed by atoms with Gasteiger partial charge in [0.15, 0.2) is 5.78 Å². The van der Waals surface area contributed by atoms with Gasteiger partial charge >= 0.3 is 0 Å². The molecule has 3 aromatic rings. The van der Waals surface area contributed by atoms with Crippen LogP contribution in [-0.2, 0) is 17.8 Å². The van der Waals surface area contributed by atoms with Crippen LogP contribution in [0, 0.1) is 6.92 Å². The number of fused-ring (bicyclic) bond motifs is 1. The van der Waals surface area contributed by atoms with Crippen molar-refractivity contribution in [1.82, 2.24) is 9.80 Å². The van der Waals surface area contributed by atoms with E-state index in [2.05, 4.69) is 53.1 Å². The first kappa shape index (κ1) is 19.6. The van der Waals surface area contributed by atoms with Gasteiger partial charge in [-0.2, -0.15) is 0 Å². The van der Waals surface area contributed by atoms with Crippen LogP contribution in [0.1, 0.15) is 16.0 Å². The van der Waals surface area contributed by atoms with Crippen molar-refractivity contribution in [3.63, 3.8) is 0 Å². The summed E-state index contributed by atoms with van der Waals surface area (Å²) in [6.07, 6.45) is 0.521. The van der Waals surface area contributed by atoms with E-state index < -0.39 is 0 Å². The number of halogens is 1. The summed E-state index contributed by atoms with van der Waals surface area (Å²) in [5.74, 6) is 0.303. The standard InChI is InChI=1S/C23H25ClN2OS/c1-17-21-13-19(24)7-8-22(21)28-23(17)14-20(27)16-26-11-9-25(10-12-26)15-18-5-3-2-4-6-18/h2-8,13H,9-12,14-16H2,1H3. The molecule has 4 rings (SSSR count). The number of piperazine rings is 1. The Bertz CT molecular complexity index is 961. The van der Waals surface area contributed by atoms with Crippen LogP contribution in [0.3, 0.4) is 0 Å². The van der Waals surface area contributed by atoms with E-state index in [0.717, 1.165) is 37.7 Å². The minimum atomic E-state index is 0.303. The lowest BCUT2D eigenvalue weighted by atomic mass is 10.1. The first-order valence-corrected chi connectivity index (χ1v) is 11.0. The number of benzene rings is 2. The lowest BCUT2D eigenvalue weighted by Gasteiger charge is -2.34. The van der Waals surface area contributed by atoms with Crippen molar-refractivity contribution in [2.45, 2.75) is 19.9 Å². The molecule has 0 spiro atoms. The zero-order chi connectivity index (χ0) is 19.5. The second-order valence-corrected chi connectivity index (χ2v) is 9.12. The third-order valence-corrected chi connectivity index (χ3v) is 6.98. The average molecular weight is 413 g/mol. The molecule has 0 atom stereocenters. The molecule has 1 aliphatic rings. The molecule has 1 fully saturated rings. The summed E-state index contributed by atoms with van der Waals surface area (Å²) in [7, 11) is 0. The molecular formula is C23H25ClN2OS. The molecule has 146 valence electrons. The highest BCUT2D eigenvalue weighted by Gasteiger charge is 2.20. The number of carbonyl (C=O) groups excluding carboxylic acids is 1. The van der Waals surface area contributed by atoms with Gasteiger partial charge in [0.1, 0.15) is 0 Å². The van der Waals surface area contributed by atoms with Gasteiger partial charge in [0.2, 0.25) is 0 Å². The van der Waals surface area contributed by atoms with Gasteiger partial charge in [0, 0.05) is 53.7 Å². The molecule has 2 aromatic carbocycles.